The summed E-state index contributed by atoms with van der Waals surface area (Å²) in [5, 5.41) is 8.54. The second kappa shape index (κ2) is 7.75. The molecule has 5 nitrogen and oxygen atoms in total. The number of nitrogens with zero attached hydrogens (tertiary/aromatic N) is 5. The summed E-state index contributed by atoms with van der Waals surface area (Å²) < 4.78 is 0. The zero-order valence-electron chi connectivity index (χ0n) is 14.8. The minimum Gasteiger partial charge on any atom is -0.218 e. The van der Waals surface area contributed by atoms with Crippen LogP contribution >= 0.6 is 0 Å². The summed E-state index contributed by atoms with van der Waals surface area (Å²) >= 11 is 0. The number of rotatable bonds is 5. The Labute approximate surface area is 147 Å². The van der Waals surface area contributed by atoms with E-state index >= 15 is 0 Å². The molecule has 0 aliphatic carbocycles. The summed E-state index contributed by atoms with van der Waals surface area (Å²) in [6.07, 6.45) is 1.50. The molecule has 0 fully saturated rings. The van der Waals surface area contributed by atoms with E-state index in [9.17, 15) is 0 Å². The third-order valence-corrected chi connectivity index (χ3v) is 3.77. The van der Waals surface area contributed by atoms with Crippen molar-refractivity contribution in [3.05, 3.63) is 77.1 Å². The summed E-state index contributed by atoms with van der Waals surface area (Å²) in [5.74, 6) is 2.41. The molecule has 0 bridgehead atoms. The van der Waals surface area contributed by atoms with E-state index in [1.807, 2.05) is 62.4 Å². The van der Waals surface area contributed by atoms with Crippen LogP contribution in [0, 0.1) is 13.8 Å². The van der Waals surface area contributed by atoms with Crippen molar-refractivity contribution in [3.8, 4) is 0 Å². The van der Waals surface area contributed by atoms with Crippen LogP contribution in [0.25, 0.3) is 0 Å². The van der Waals surface area contributed by atoms with E-state index in [0.717, 1.165) is 40.8 Å². The van der Waals surface area contributed by atoms with Crippen molar-refractivity contribution in [2.45, 2.75) is 33.6 Å². The van der Waals surface area contributed by atoms with Gasteiger partial charge in [-0.2, -0.15) is 10.2 Å². The van der Waals surface area contributed by atoms with Crippen LogP contribution in [0.15, 0.2) is 58.8 Å². The highest BCUT2D eigenvalue weighted by molar-refractivity contribution is 5.42. The molecule has 0 saturated carbocycles. The Hall–Kier alpha value is -2.95. The molecule has 1 aromatic heterocycles. The zero-order valence-corrected chi connectivity index (χ0v) is 14.8. The average Bonchev–Trinajstić information content (AvgIpc) is 2.62. The molecule has 0 N–H and O–H groups in total. The Morgan fingerprint density at radius 1 is 0.720 bits per heavy atom. The summed E-state index contributed by atoms with van der Waals surface area (Å²) in [5.41, 5.74) is 4.03. The molecule has 2 aromatic carbocycles. The van der Waals surface area contributed by atoms with Gasteiger partial charge < -0.3 is 0 Å². The van der Waals surface area contributed by atoms with Crippen LogP contribution < -0.4 is 0 Å². The van der Waals surface area contributed by atoms with Crippen molar-refractivity contribution >= 4 is 11.4 Å². The SMILES string of the molecule is CCc1nc(C)nc(Cc2ccc(N=Nc3ccc(C)cc3)cc2)n1. The largest absolute Gasteiger partial charge is 0.218 e. The van der Waals surface area contributed by atoms with E-state index in [2.05, 4.69) is 32.1 Å². The molecule has 0 aliphatic heterocycles. The van der Waals surface area contributed by atoms with Crippen molar-refractivity contribution in [2.24, 2.45) is 10.2 Å². The van der Waals surface area contributed by atoms with E-state index in [1.165, 1.54) is 5.56 Å². The fraction of sp³-hybridized carbons (Fsp3) is 0.250. The number of benzene rings is 2. The van der Waals surface area contributed by atoms with E-state index in [1.54, 1.807) is 0 Å². The smallest absolute Gasteiger partial charge is 0.136 e. The molecule has 0 atom stereocenters. The molecule has 0 spiro atoms. The first-order chi connectivity index (χ1) is 12.1. The molecule has 3 aromatic rings. The fourth-order valence-electron chi connectivity index (χ4n) is 2.42. The summed E-state index contributed by atoms with van der Waals surface area (Å²) in [7, 11) is 0. The van der Waals surface area contributed by atoms with Gasteiger partial charge in [-0.3, -0.25) is 0 Å². The minimum absolute atomic E-state index is 0.686. The number of azo groups is 1. The Kier molecular flexibility index (Phi) is 5.23. The van der Waals surface area contributed by atoms with Gasteiger partial charge in [-0.1, -0.05) is 36.8 Å². The van der Waals surface area contributed by atoms with Crippen molar-refractivity contribution in [3.63, 3.8) is 0 Å². The van der Waals surface area contributed by atoms with E-state index in [0.29, 0.717) is 6.42 Å². The standard InChI is InChI=1S/C20H21N5/c1-4-19-21-15(3)22-20(23-19)13-16-7-11-18(12-8-16)25-24-17-9-5-14(2)6-10-17/h5-12H,4,13H2,1-3H3. The normalized spacial score (nSPS) is 11.2. The van der Waals surface area contributed by atoms with Crippen LogP contribution in [-0.2, 0) is 12.8 Å². The lowest BCUT2D eigenvalue weighted by Gasteiger charge is -2.04. The second-order valence-electron chi connectivity index (χ2n) is 5.95. The zero-order chi connectivity index (χ0) is 17.6. The third-order valence-electron chi connectivity index (χ3n) is 3.77. The number of aromatic nitrogens is 3. The van der Waals surface area contributed by atoms with E-state index in [4.69, 9.17) is 0 Å². The summed E-state index contributed by atoms with van der Waals surface area (Å²) in [4.78, 5) is 13.2. The lowest BCUT2D eigenvalue weighted by molar-refractivity contribution is 0.807. The maximum Gasteiger partial charge on any atom is 0.136 e. The average molecular weight is 331 g/mol. The van der Waals surface area contributed by atoms with Gasteiger partial charge >= 0.3 is 0 Å². The summed E-state index contributed by atoms with van der Waals surface area (Å²) in [6.45, 7) is 6.00. The molecule has 0 unspecified atom stereocenters. The summed E-state index contributed by atoms with van der Waals surface area (Å²) in [6, 6.07) is 16.0. The molecule has 126 valence electrons. The predicted molar refractivity (Wildman–Crippen MR) is 98.5 cm³/mol. The Morgan fingerprint density at radius 2 is 1.28 bits per heavy atom. The lowest BCUT2D eigenvalue weighted by atomic mass is 10.1. The second-order valence-corrected chi connectivity index (χ2v) is 5.95. The monoisotopic (exact) mass is 331 g/mol. The van der Waals surface area contributed by atoms with Crippen LogP contribution in [0.2, 0.25) is 0 Å². The molecular weight excluding hydrogens is 310 g/mol. The number of hydrogen-bond donors (Lipinski definition) is 0. The van der Waals surface area contributed by atoms with Gasteiger partial charge in [0.15, 0.2) is 0 Å². The van der Waals surface area contributed by atoms with Crippen molar-refractivity contribution in [1.82, 2.24) is 15.0 Å². The van der Waals surface area contributed by atoms with Crippen LogP contribution in [0.5, 0.6) is 0 Å². The maximum atomic E-state index is 4.49. The first-order valence-corrected chi connectivity index (χ1v) is 8.40. The van der Waals surface area contributed by atoms with E-state index < -0.39 is 0 Å². The van der Waals surface area contributed by atoms with Crippen LogP contribution in [0.3, 0.4) is 0 Å². The molecule has 3 rings (SSSR count). The first-order valence-electron chi connectivity index (χ1n) is 8.40. The van der Waals surface area contributed by atoms with Crippen LogP contribution in [-0.4, -0.2) is 15.0 Å². The van der Waals surface area contributed by atoms with Crippen LogP contribution in [0.1, 0.15) is 35.5 Å². The quantitative estimate of drug-likeness (QED) is 0.614. The predicted octanol–water partition coefficient (Wildman–Crippen LogP) is 5.06. The van der Waals surface area contributed by atoms with Gasteiger partial charge in [0.25, 0.3) is 0 Å². The lowest BCUT2D eigenvalue weighted by Crippen LogP contribution is -2.05. The fourth-order valence-corrected chi connectivity index (χ4v) is 2.42. The Balaban J connectivity index is 1.70. The maximum absolute atomic E-state index is 4.49. The molecule has 0 saturated heterocycles. The van der Waals surface area contributed by atoms with Gasteiger partial charge in [0.05, 0.1) is 11.4 Å². The van der Waals surface area contributed by atoms with Gasteiger partial charge in [0, 0.05) is 12.8 Å². The Bertz CT molecular complexity index is 868. The molecule has 1 heterocycles. The molecule has 25 heavy (non-hydrogen) atoms. The minimum atomic E-state index is 0.686. The highest BCUT2D eigenvalue weighted by atomic mass is 15.1. The van der Waals surface area contributed by atoms with Gasteiger partial charge in [-0.05, 0) is 43.7 Å². The molecule has 5 heteroatoms. The van der Waals surface area contributed by atoms with Gasteiger partial charge in [-0.15, -0.1) is 0 Å². The number of aryl methyl sites for hydroxylation is 3. The van der Waals surface area contributed by atoms with Crippen molar-refractivity contribution in [1.29, 1.82) is 0 Å². The highest BCUT2D eigenvalue weighted by Gasteiger charge is 2.04. The van der Waals surface area contributed by atoms with Crippen molar-refractivity contribution in [2.75, 3.05) is 0 Å². The topological polar surface area (TPSA) is 63.4 Å². The molecule has 0 aliphatic rings. The number of hydrogen-bond acceptors (Lipinski definition) is 5. The van der Waals surface area contributed by atoms with E-state index in [-0.39, 0.29) is 0 Å². The van der Waals surface area contributed by atoms with Crippen LogP contribution in [0.4, 0.5) is 11.4 Å². The highest BCUT2D eigenvalue weighted by Crippen LogP contribution is 2.19. The molecule has 0 radical (unpaired) electrons. The molecular formula is C20H21N5. The third kappa shape index (κ3) is 4.76. The van der Waals surface area contributed by atoms with Gasteiger partial charge in [0.1, 0.15) is 17.5 Å². The molecule has 0 amide bonds. The van der Waals surface area contributed by atoms with Gasteiger partial charge in [-0.25, -0.2) is 15.0 Å². The van der Waals surface area contributed by atoms with Gasteiger partial charge in [0.2, 0.25) is 0 Å². The Morgan fingerprint density at radius 3 is 1.88 bits per heavy atom. The van der Waals surface area contributed by atoms with Crippen molar-refractivity contribution < 1.29 is 0 Å². The first kappa shape index (κ1) is 16.9.